The molecule has 0 radical (unpaired) electrons. The van der Waals surface area contributed by atoms with Gasteiger partial charge in [0, 0.05) is 17.1 Å². The first-order chi connectivity index (χ1) is 13.5. The molecule has 3 aromatic carbocycles. The van der Waals surface area contributed by atoms with Crippen molar-refractivity contribution in [2.75, 3.05) is 29.4 Å². The number of nitrogens with one attached hydrogen (secondary N) is 1. The molecular formula is C20H16N2O5S. The minimum atomic E-state index is -3.77. The monoisotopic (exact) mass is 396 g/mol. The first-order valence-corrected chi connectivity index (χ1v) is 10.2. The number of anilines is 2. The van der Waals surface area contributed by atoms with E-state index in [1.54, 1.807) is 42.5 Å². The third kappa shape index (κ3) is 2.56. The fraction of sp³-hybridized carbons (Fsp3) is 0.150. The SMILES string of the molecule is O=C(CN1c2cccc3cccc(c23)S1(=O)=O)Nc1ccc2c(c1)OCCO2. The number of benzene rings is 3. The molecule has 0 saturated carbocycles. The van der Waals surface area contributed by atoms with Gasteiger partial charge < -0.3 is 14.8 Å². The van der Waals surface area contributed by atoms with Gasteiger partial charge in [0.25, 0.3) is 10.0 Å². The molecule has 7 nitrogen and oxygen atoms in total. The number of carbonyl (C=O) groups is 1. The summed E-state index contributed by atoms with van der Waals surface area (Å²) in [5.41, 5.74) is 1.03. The van der Waals surface area contributed by atoms with Crippen molar-refractivity contribution in [2.45, 2.75) is 4.90 Å². The van der Waals surface area contributed by atoms with Gasteiger partial charge in [0.2, 0.25) is 5.91 Å². The number of fused-ring (bicyclic) bond motifs is 1. The summed E-state index contributed by atoms with van der Waals surface area (Å²) >= 11 is 0. The first-order valence-electron chi connectivity index (χ1n) is 8.78. The average molecular weight is 396 g/mol. The van der Waals surface area contributed by atoms with Gasteiger partial charge in [-0.25, -0.2) is 8.42 Å². The predicted octanol–water partition coefficient (Wildman–Crippen LogP) is 2.76. The Bertz CT molecular complexity index is 1220. The fourth-order valence-corrected chi connectivity index (χ4v) is 5.25. The standard InChI is InChI=1S/C20H16N2O5S/c23-19(21-14-7-8-16-17(11-14)27-10-9-26-16)12-22-15-5-1-3-13-4-2-6-18(20(13)15)28(22,24)25/h1-8,11H,9-10,12H2,(H,21,23). The summed E-state index contributed by atoms with van der Waals surface area (Å²) in [7, 11) is -3.77. The summed E-state index contributed by atoms with van der Waals surface area (Å²) < 4.78 is 38.0. The van der Waals surface area contributed by atoms with Gasteiger partial charge >= 0.3 is 0 Å². The zero-order chi connectivity index (χ0) is 19.3. The van der Waals surface area contributed by atoms with E-state index in [-0.39, 0.29) is 11.4 Å². The van der Waals surface area contributed by atoms with Crippen LogP contribution < -0.4 is 19.1 Å². The Kier molecular flexibility index (Phi) is 3.70. The highest BCUT2D eigenvalue weighted by molar-refractivity contribution is 7.93. The van der Waals surface area contributed by atoms with Gasteiger partial charge in [0.05, 0.1) is 10.6 Å². The summed E-state index contributed by atoms with van der Waals surface area (Å²) in [5, 5.41) is 4.21. The first kappa shape index (κ1) is 16.9. The van der Waals surface area contributed by atoms with Crippen molar-refractivity contribution in [3.8, 4) is 11.5 Å². The van der Waals surface area contributed by atoms with Gasteiger partial charge in [-0.15, -0.1) is 0 Å². The highest BCUT2D eigenvalue weighted by atomic mass is 32.2. The molecule has 1 N–H and O–H groups in total. The van der Waals surface area contributed by atoms with Gasteiger partial charge in [0.1, 0.15) is 19.8 Å². The molecule has 2 aliphatic heterocycles. The van der Waals surface area contributed by atoms with Crippen LogP contribution in [-0.4, -0.2) is 34.1 Å². The lowest BCUT2D eigenvalue weighted by molar-refractivity contribution is -0.114. The summed E-state index contributed by atoms with van der Waals surface area (Å²) in [6, 6.07) is 15.6. The molecule has 2 heterocycles. The highest BCUT2D eigenvalue weighted by Crippen LogP contribution is 2.41. The average Bonchev–Trinajstić information content (AvgIpc) is 2.91. The van der Waals surface area contributed by atoms with E-state index in [1.165, 1.54) is 0 Å². The van der Waals surface area contributed by atoms with E-state index in [1.807, 2.05) is 12.1 Å². The van der Waals surface area contributed by atoms with Crippen LogP contribution in [0.3, 0.4) is 0 Å². The summed E-state index contributed by atoms with van der Waals surface area (Å²) in [6.45, 7) is 0.612. The Labute approximate surface area is 161 Å². The molecule has 3 aromatic rings. The summed E-state index contributed by atoms with van der Waals surface area (Å²) in [6.07, 6.45) is 0. The molecule has 0 saturated heterocycles. The van der Waals surface area contributed by atoms with Crippen LogP contribution in [-0.2, 0) is 14.8 Å². The molecule has 8 heteroatoms. The van der Waals surface area contributed by atoms with Crippen molar-refractivity contribution in [1.29, 1.82) is 0 Å². The molecule has 0 bridgehead atoms. The van der Waals surface area contributed by atoms with Gasteiger partial charge in [0.15, 0.2) is 11.5 Å². The van der Waals surface area contributed by atoms with Crippen LogP contribution in [0.5, 0.6) is 11.5 Å². The molecule has 0 atom stereocenters. The van der Waals surface area contributed by atoms with E-state index in [2.05, 4.69) is 5.32 Å². The maximum atomic E-state index is 13.0. The lowest BCUT2D eigenvalue weighted by Gasteiger charge is -2.20. The fourth-order valence-electron chi connectivity index (χ4n) is 3.58. The molecular weight excluding hydrogens is 380 g/mol. The Hall–Kier alpha value is -3.26. The Morgan fingerprint density at radius 1 is 1.00 bits per heavy atom. The molecule has 1 amide bonds. The van der Waals surface area contributed by atoms with Gasteiger partial charge in [-0.2, -0.15) is 0 Å². The van der Waals surface area contributed by atoms with Crippen molar-refractivity contribution < 1.29 is 22.7 Å². The number of ether oxygens (including phenoxy) is 2. The molecule has 142 valence electrons. The van der Waals surface area contributed by atoms with Gasteiger partial charge in [-0.1, -0.05) is 24.3 Å². The number of carbonyl (C=O) groups excluding carboxylic acids is 1. The third-order valence-electron chi connectivity index (χ3n) is 4.79. The molecule has 0 fully saturated rings. The Balaban J connectivity index is 1.42. The largest absolute Gasteiger partial charge is 0.486 e. The van der Waals surface area contributed by atoms with Crippen LogP contribution in [0.2, 0.25) is 0 Å². The Morgan fingerprint density at radius 2 is 1.75 bits per heavy atom. The lowest BCUT2D eigenvalue weighted by Crippen LogP contribution is -2.35. The second-order valence-corrected chi connectivity index (χ2v) is 8.38. The Morgan fingerprint density at radius 3 is 2.57 bits per heavy atom. The number of hydrogen-bond acceptors (Lipinski definition) is 5. The minimum Gasteiger partial charge on any atom is -0.486 e. The number of nitrogens with zero attached hydrogens (tertiary/aromatic N) is 1. The van der Waals surface area contributed by atoms with E-state index >= 15 is 0 Å². The molecule has 28 heavy (non-hydrogen) atoms. The van der Waals surface area contributed by atoms with E-state index in [0.717, 1.165) is 9.69 Å². The lowest BCUT2D eigenvalue weighted by atomic mass is 10.1. The number of rotatable bonds is 3. The molecule has 5 rings (SSSR count). The predicted molar refractivity (Wildman–Crippen MR) is 105 cm³/mol. The molecule has 0 aromatic heterocycles. The van der Waals surface area contributed by atoms with Crippen molar-refractivity contribution in [3.63, 3.8) is 0 Å². The summed E-state index contributed by atoms with van der Waals surface area (Å²) in [4.78, 5) is 12.8. The van der Waals surface area contributed by atoms with E-state index < -0.39 is 15.9 Å². The van der Waals surface area contributed by atoms with Crippen molar-refractivity contribution >= 4 is 38.1 Å². The quantitative estimate of drug-likeness (QED) is 0.736. The topological polar surface area (TPSA) is 84.9 Å². The van der Waals surface area contributed by atoms with Crippen LogP contribution in [0.4, 0.5) is 11.4 Å². The van der Waals surface area contributed by atoms with Crippen LogP contribution in [0, 0.1) is 0 Å². The van der Waals surface area contributed by atoms with E-state index in [9.17, 15) is 13.2 Å². The molecule has 0 unspecified atom stereocenters. The molecule has 0 aliphatic carbocycles. The third-order valence-corrected chi connectivity index (χ3v) is 6.60. The number of sulfonamides is 1. The number of amides is 1. The zero-order valence-electron chi connectivity index (χ0n) is 14.7. The van der Waals surface area contributed by atoms with Gasteiger partial charge in [-0.05, 0) is 29.7 Å². The van der Waals surface area contributed by atoms with Crippen molar-refractivity contribution in [2.24, 2.45) is 0 Å². The normalized spacial score (nSPS) is 16.2. The van der Waals surface area contributed by atoms with E-state index in [4.69, 9.17) is 9.47 Å². The van der Waals surface area contributed by atoms with Crippen LogP contribution in [0.15, 0.2) is 59.5 Å². The second-order valence-electron chi connectivity index (χ2n) is 6.55. The van der Waals surface area contributed by atoms with Crippen LogP contribution in [0.1, 0.15) is 0 Å². The second kappa shape index (κ2) is 6.13. The smallest absolute Gasteiger partial charge is 0.265 e. The van der Waals surface area contributed by atoms with Crippen molar-refractivity contribution in [3.05, 3.63) is 54.6 Å². The summed E-state index contributed by atoms with van der Waals surface area (Å²) in [5.74, 6) is 0.730. The highest BCUT2D eigenvalue weighted by Gasteiger charge is 2.36. The number of hydrogen-bond donors (Lipinski definition) is 1. The van der Waals surface area contributed by atoms with E-state index in [0.29, 0.717) is 41.5 Å². The van der Waals surface area contributed by atoms with Crippen LogP contribution in [0.25, 0.3) is 10.8 Å². The minimum absolute atomic E-state index is 0.229. The van der Waals surface area contributed by atoms with Crippen molar-refractivity contribution in [1.82, 2.24) is 0 Å². The molecule has 0 spiro atoms. The maximum Gasteiger partial charge on any atom is 0.265 e. The zero-order valence-corrected chi connectivity index (χ0v) is 15.5. The molecule has 2 aliphatic rings. The van der Waals surface area contributed by atoms with Crippen LogP contribution >= 0.6 is 0 Å². The maximum absolute atomic E-state index is 13.0. The van der Waals surface area contributed by atoms with Gasteiger partial charge in [-0.3, -0.25) is 9.10 Å².